The SMILES string of the molecule is Nc1cccc2c1CCCN2C(=O)CCC(=O)N1CCSc2ccccc21. The number of para-hydroxylation sites is 1. The summed E-state index contributed by atoms with van der Waals surface area (Å²) in [6.07, 6.45) is 2.25. The van der Waals surface area contributed by atoms with E-state index >= 15 is 0 Å². The summed E-state index contributed by atoms with van der Waals surface area (Å²) < 4.78 is 0. The van der Waals surface area contributed by atoms with Crippen LogP contribution in [0.15, 0.2) is 47.4 Å². The van der Waals surface area contributed by atoms with Crippen LogP contribution >= 0.6 is 11.8 Å². The lowest BCUT2D eigenvalue weighted by molar-refractivity contribution is -0.123. The second-order valence-electron chi connectivity index (χ2n) is 6.86. The number of amides is 2. The molecule has 0 unspecified atom stereocenters. The molecule has 5 nitrogen and oxygen atoms in total. The average molecular weight is 382 g/mol. The van der Waals surface area contributed by atoms with Crippen LogP contribution in [0.3, 0.4) is 0 Å². The molecule has 6 heteroatoms. The van der Waals surface area contributed by atoms with Crippen molar-refractivity contribution in [1.82, 2.24) is 0 Å². The fraction of sp³-hybridized carbons (Fsp3) is 0.333. The van der Waals surface area contributed by atoms with Crippen molar-refractivity contribution in [2.24, 2.45) is 0 Å². The van der Waals surface area contributed by atoms with E-state index in [0.29, 0.717) is 13.1 Å². The Morgan fingerprint density at radius 3 is 2.44 bits per heavy atom. The molecule has 0 aliphatic carbocycles. The van der Waals surface area contributed by atoms with Gasteiger partial charge in [0, 0.05) is 48.0 Å². The highest BCUT2D eigenvalue weighted by Gasteiger charge is 2.26. The standard InChI is InChI=1S/C21H23N3O2S/c22-16-6-3-8-17-15(16)5-4-12-23(17)20(25)10-11-21(26)24-13-14-27-19-9-2-1-7-18(19)24/h1-3,6-9H,4-5,10-14,22H2. The topological polar surface area (TPSA) is 66.6 Å². The van der Waals surface area contributed by atoms with Gasteiger partial charge in [-0.1, -0.05) is 18.2 Å². The molecule has 0 saturated heterocycles. The van der Waals surface area contributed by atoms with E-state index in [0.717, 1.165) is 46.1 Å². The highest BCUT2D eigenvalue weighted by atomic mass is 32.2. The van der Waals surface area contributed by atoms with Gasteiger partial charge < -0.3 is 15.5 Å². The van der Waals surface area contributed by atoms with Gasteiger partial charge in [-0.3, -0.25) is 9.59 Å². The zero-order valence-electron chi connectivity index (χ0n) is 15.2. The van der Waals surface area contributed by atoms with Crippen molar-refractivity contribution in [2.45, 2.75) is 30.6 Å². The van der Waals surface area contributed by atoms with Gasteiger partial charge in [0.25, 0.3) is 0 Å². The van der Waals surface area contributed by atoms with Crippen LogP contribution in [0.1, 0.15) is 24.8 Å². The number of fused-ring (bicyclic) bond motifs is 2. The Hall–Kier alpha value is -2.47. The number of anilines is 3. The van der Waals surface area contributed by atoms with Crippen molar-refractivity contribution in [2.75, 3.05) is 34.4 Å². The van der Waals surface area contributed by atoms with Crippen LogP contribution in [0.25, 0.3) is 0 Å². The van der Waals surface area contributed by atoms with Crippen molar-refractivity contribution in [3.63, 3.8) is 0 Å². The summed E-state index contributed by atoms with van der Waals surface area (Å²) in [4.78, 5) is 30.3. The van der Waals surface area contributed by atoms with E-state index in [1.807, 2.05) is 47.4 Å². The molecule has 0 spiro atoms. The van der Waals surface area contributed by atoms with Crippen molar-refractivity contribution < 1.29 is 9.59 Å². The van der Waals surface area contributed by atoms with Gasteiger partial charge in [0.05, 0.1) is 5.69 Å². The molecular formula is C21H23N3O2S. The minimum Gasteiger partial charge on any atom is -0.398 e. The predicted octanol–water partition coefficient (Wildman–Crippen LogP) is 3.47. The third kappa shape index (κ3) is 3.54. The van der Waals surface area contributed by atoms with Gasteiger partial charge in [0.15, 0.2) is 0 Å². The molecule has 2 heterocycles. The maximum Gasteiger partial charge on any atom is 0.227 e. The number of nitrogens with two attached hydrogens (primary N) is 1. The molecule has 140 valence electrons. The number of rotatable bonds is 3. The van der Waals surface area contributed by atoms with E-state index in [2.05, 4.69) is 0 Å². The third-order valence-electron chi connectivity index (χ3n) is 5.17. The number of hydrogen-bond donors (Lipinski definition) is 1. The molecule has 0 atom stereocenters. The Balaban J connectivity index is 1.44. The van der Waals surface area contributed by atoms with Crippen molar-refractivity contribution >= 4 is 40.6 Å². The van der Waals surface area contributed by atoms with Gasteiger partial charge in [-0.2, -0.15) is 0 Å². The first kappa shape index (κ1) is 17.9. The number of benzene rings is 2. The minimum absolute atomic E-state index is 0.00503. The van der Waals surface area contributed by atoms with E-state index in [1.54, 1.807) is 16.7 Å². The lowest BCUT2D eigenvalue weighted by Crippen LogP contribution is -2.38. The molecule has 2 N–H and O–H groups in total. The predicted molar refractivity (Wildman–Crippen MR) is 110 cm³/mol. The maximum absolute atomic E-state index is 12.8. The number of nitrogen functional groups attached to an aromatic ring is 1. The second-order valence-corrected chi connectivity index (χ2v) is 7.99. The van der Waals surface area contributed by atoms with Crippen LogP contribution in [-0.4, -0.2) is 30.7 Å². The minimum atomic E-state index is -0.00503. The molecule has 0 aromatic heterocycles. The maximum atomic E-state index is 12.8. The fourth-order valence-corrected chi connectivity index (χ4v) is 4.82. The summed E-state index contributed by atoms with van der Waals surface area (Å²) in [6.45, 7) is 1.38. The molecule has 2 aromatic carbocycles. The first-order valence-corrected chi connectivity index (χ1v) is 10.3. The summed E-state index contributed by atoms with van der Waals surface area (Å²) in [5.74, 6) is 0.894. The molecule has 27 heavy (non-hydrogen) atoms. The largest absolute Gasteiger partial charge is 0.398 e. The van der Waals surface area contributed by atoms with Gasteiger partial charge in [-0.15, -0.1) is 11.8 Å². The molecule has 0 radical (unpaired) electrons. The van der Waals surface area contributed by atoms with E-state index in [4.69, 9.17) is 5.73 Å². The van der Waals surface area contributed by atoms with Crippen molar-refractivity contribution in [3.8, 4) is 0 Å². The molecule has 2 aromatic rings. The van der Waals surface area contributed by atoms with Crippen LogP contribution in [0.2, 0.25) is 0 Å². The van der Waals surface area contributed by atoms with Gasteiger partial charge in [-0.05, 0) is 42.7 Å². The van der Waals surface area contributed by atoms with Crippen LogP contribution in [-0.2, 0) is 16.0 Å². The molecule has 0 saturated carbocycles. The first-order valence-electron chi connectivity index (χ1n) is 9.35. The average Bonchev–Trinajstić information content (AvgIpc) is 2.71. The highest BCUT2D eigenvalue weighted by Crippen LogP contribution is 2.35. The summed E-state index contributed by atoms with van der Waals surface area (Å²) in [7, 11) is 0. The molecular weight excluding hydrogens is 358 g/mol. The molecule has 4 rings (SSSR count). The number of thioether (sulfide) groups is 1. The Kier molecular flexibility index (Phi) is 5.07. The third-order valence-corrected chi connectivity index (χ3v) is 6.21. The highest BCUT2D eigenvalue weighted by molar-refractivity contribution is 7.99. The van der Waals surface area contributed by atoms with Gasteiger partial charge in [-0.25, -0.2) is 0 Å². The van der Waals surface area contributed by atoms with Gasteiger partial charge in [0.1, 0.15) is 0 Å². The van der Waals surface area contributed by atoms with E-state index in [-0.39, 0.29) is 24.7 Å². The van der Waals surface area contributed by atoms with Crippen LogP contribution < -0.4 is 15.5 Å². The first-order chi connectivity index (χ1) is 13.1. The Labute approximate surface area is 163 Å². The Bertz CT molecular complexity index is 883. The normalized spacial score (nSPS) is 15.9. The smallest absolute Gasteiger partial charge is 0.227 e. The molecule has 2 aliphatic rings. The zero-order valence-corrected chi connectivity index (χ0v) is 16.0. The molecule has 0 fully saturated rings. The van der Waals surface area contributed by atoms with E-state index in [9.17, 15) is 9.59 Å². The lowest BCUT2D eigenvalue weighted by Gasteiger charge is -2.31. The second kappa shape index (κ2) is 7.64. The van der Waals surface area contributed by atoms with Crippen LogP contribution in [0, 0.1) is 0 Å². The summed E-state index contributed by atoms with van der Waals surface area (Å²) >= 11 is 1.77. The van der Waals surface area contributed by atoms with Gasteiger partial charge in [0.2, 0.25) is 11.8 Å². The van der Waals surface area contributed by atoms with Gasteiger partial charge >= 0.3 is 0 Å². The van der Waals surface area contributed by atoms with E-state index in [1.165, 1.54) is 0 Å². The van der Waals surface area contributed by atoms with Crippen LogP contribution in [0.4, 0.5) is 17.1 Å². The van der Waals surface area contributed by atoms with E-state index < -0.39 is 0 Å². The molecule has 2 amide bonds. The summed E-state index contributed by atoms with van der Waals surface area (Å²) in [5, 5.41) is 0. The number of nitrogens with zero attached hydrogens (tertiary/aromatic N) is 2. The van der Waals surface area contributed by atoms with Crippen molar-refractivity contribution in [3.05, 3.63) is 48.0 Å². The Morgan fingerprint density at radius 2 is 1.63 bits per heavy atom. The fourth-order valence-electron chi connectivity index (χ4n) is 3.82. The number of carbonyl (C=O) groups excluding carboxylic acids is 2. The summed E-state index contributed by atoms with van der Waals surface area (Å²) in [6, 6.07) is 13.7. The number of hydrogen-bond acceptors (Lipinski definition) is 4. The zero-order chi connectivity index (χ0) is 18.8. The molecule has 2 aliphatic heterocycles. The van der Waals surface area contributed by atoms with Crippen molar-refractivity contribution in [1.29, 1.82) is 0 Å². The van der Waals surface area contributed by atoms with Crippen LogP contribution in [0.5, 0.6) is 0 Å². The molecule has 0 bridgehead atoms. The number of carbonyl (C=O) groups is 2. The lowest BCUT2D eigenvalue weighted by atomic mass is 9.99. The monoisotopic (exact) mass is 381 g/mol. The quantitative estimate of drug-likeness (QED) is 0.827. The Morgan fingerprint density at radius 1 is 0.926 bits per heavy atom. The summed E-state index contributed by atoms with van der Waals surface area (Å²) in [5.41, 5.74) is 9.72.